The van der Waals surface area contributed by atoms with Crippen molar-refractivity contribution in [1.29, 1.82) is 0 Å². The highest BCUT2D eigenvalue weighted by Gasteiger charge is 2.28. The molecule has 17 heavy (non-hydrogen) atoms. The molecule has 0 amide bonds. The lowest BCUT2D eigenvalue weighted by atomic mass is 10.1. The summed E-state index contributed by atoms with van der Waals surface area (Å²) in [6.45, 7) is 4.89. The van der Waals surface area contributed by atoms with Crippen molar-refractivity contribution in [2.45, 2.75) is 26.3 Å². The minimum atomic E-state index is -1.02. The van der Waals surface area contributed by atoms with Gasteiger partial charge in [0.25, 0.3) is 0 Å². The van der Waals surface area contributed by atoms with Crippen molar-refractivity contribution in [2.24, 2.45) is 5.11 Å². The Kier molecular flexibility index (Phi) is 3.11. The van der Waals surface area contributed by atoms with E-state index in [0.717, 1.165) is 0 Å². The molecule has 0 spiro atoms. The largest absolute Gasteiger partial charge is 0.691 e. The quantitative estimate of drug-likeness (QED) is 0.265. The van der Waals surface area contributed by atoms with Crippen LogP contribution in [0.4, 0.5) is 11.6 Å². The number of hydrogen-bond donors (Lipinski definition) is 1. The minimum absolute atomic E-state index is 0.0102. The maximum absolute atomic E-state index is 11.5. The molecule has 0 saturated heterocycles. The molecule has 0 aromatic carbocycles. The summed E-state index contributed by atoms with van der Waals surface area (Å²) < 4.78 is 4.07. The molecular weight excluding hydrogens is 236 g/mol. The standard InChI is InChI=1S/C6H10N6O5/c1-6(2,3)9-10(13)5-4(7-12(15)16)11(14)17-8-5/h7H,1-3H3. The Labute approximate surface area is 94.6 Å². The summed E-state index contributed by atoms with van der Waals surface area (Å²) in [5.74, 6) is -1.36. The average Bonchev–Trinajstić information content (AvgIpc) is 2.44. The van der Waals surface area contributed by atoms with Gasteiger partial charge in [0.15, 0.2) is 0 Å². The lowest BCUT2D eigenvalue weighted by Crippen LogP contribution is -2.29. The Bertz CT molecular complexity index is 460. The number of nitrogens with one attached hydrogen (secondary N) is 1. The fourth-order valence-corrected chi connectivity index (χ4v) is 0.864. The van der Waals surface area contributed by atoms with Crippen LogP contribution in [0.2, 0.25) is 0 Å². The van der Waals surface area contributed by atoms with Crippen LogP contribution in [0.1, 0.15) is 20.8 Å². The van der Waals surface area contributed by atoms with E-state index in [1.807, 2.05) is 0 Å². The van der Waals surface area contributed by atoms with E-state index in [9.17, 15) is 20.5 Å². The minimum Gasteiger partial charge on any atom is -0.691 e. The smallest absolute Gasteiger partial charge is 0.414 e. The molecular formula is C6H10N6O5. The Hall–Kier alpha value is -2.46. The number of hydrazine groups is 1. The first-order valence-corrected chi connectivity index (χ1v) is 4.41. The van der Waals surface area contributed by atoms with Crippen LogP contribution in [0.25, 0.3) is 0 Å². The second-order valence-corrected chi connectivity index (χ2v) is 4.01. The Morgan fingerprint density at radius 3 is 2.53 bits per heavy atom. The van der Waals surface area contributed by atoms with Crippen LogP contribution in [0, 0.1) is 20.5 Å². The van der Waals surface area contributed by atoms with Crippen LogP contribution in [-0.2, 0) is 0 Å². The maximum Gasteiger partial charge on any atom is 0.414 e. The van der Waals surface area contributed by atoms with E-state index in [1.54, 1.807) is 20.8 Å². The highest BCUT2D eigenvalue weighted by Crippen LogP contribution is 2.19. The number of rotatable bonds is 3. The predicted molar refractivity (Wildman–Crippen MR) is 51.5 cm³/mol. The van der Waals surface area contributed by atoms with Crippen LogP contribution in [0.5, 0.6) is 0 Å². The van der Waals surface area contributed by atoms with Crippen molar-refractivity contribution in [3.63, 3.8) is 0 Å². The van der Waals surface area contributed by atoms with E-state index in [0.29, 0.717) is 0 Å². The third-order valence-corrected chi connectivity index (χ3v) is 1.37. The molecule has 1 N–H and O–H groups in total. The molecule has 0 aliphatic rings. The van der Waals surface area contributed by atoms with Gasteiger partial charge in [-0.15, -0.1) is 9.97 Å². The third kappa shape index (κ3) is 3.25. The van der Waals surface area contributed by atoms with Gasteiger partial charge in [0.2, 0.25) is 5.03 Å². The lowest BCUT2D eigenvalue weighted by Gasteiger charge is -2.12. The zero-order chi connectivity index (χ0) is 13.2. The second kappa shape index (κ2) is 4.19. The summed E-state index contributed by atoms with van der Waals surface area (Å²) in [6.07, 6.45) is 0. The van der Waals surface area contributed by atoms with E-state index in [4.69, 9.17) is 0 Å². The number of azo groups is 1. The summed E-state index contributed by atoms with van der Waals surface area (Å²) >= 11 is 0. The van der Waals surface area contributed by atoms with Crippen molar-refractivity contribution in [2.75, 3.05) is 5.43 Å². The fourth-order valence-electron chi connectivity index (χ4n) is 0.864. The highest BCUT2D eigenvalue weighted by molar-refractivity contribution is 5.42. The van der Waals surface area contributed by atoms with Gasteiger partial charge in [-0.1, -0.05) is 0 Å². The summed E-state index contributed by atoms with van der Waals surface area (Å²) in [5, 5.41) is 38.3. The SMILES string of the molecule is CC(C)(C)N=[N+]([O-])c1no[n+]([O-])c1N[N+](=O)[O-]. The van der Waals surface area contributed by atoms with Crippen molar-refractivity contribution < 1.29 is 19.4 Å². The zero-order valence-electron chi connectivity index (χ0n) is 9.28. The first kappa shape index (κ1) is 12.6. The normalized spacial score (nSPS) is 12.5. The van der Waals surface area contributed by atoms with Crippen molar-refractivity contribution in [3.05, 3.63) is 20.5 Å². The second-order valence-electron chi connectivity index (χ2n) is 4.01. The van der Waals surface area contributed by atoms with Gasteiger partial charge < -0.3 is 15.0 Å². The topological polar surface area (TPSA) is 147 Å². The van der Waals surface area contributed by atoms with E-state index < -0.39 is 22.2 Å². The summed E-state index contributed by atoms with van der Waals surface area (Å²) in [7, 11) is 0. The Morgan fingerprint density at radius 1 is 1.47 bits per heavy atom. The molecule has 0 fully saturated rings. The van der Waals surface area contributed by atoms with Gasteiger partial charge in [0, 0.05) is 10.6 Å². The van der Waals surface area contributed by atoms with E-state index in [2.05, 4.69) is 14.9 Å². The first-order valence-electron chi connectivity index (χ1n) is 4.41. The molecule has 0 saturated carbocycles. The van der Waals surface area contributed by atoms with Crippen LogP contribution in [0.3, 0.4) is 0 Å². The van der Waals surface area contributed by atoms with Crippen LogP contribution >= 0.6 is 0 Å². The molecule has 11 nitrogen and oxygen atoms in total. The Morgan fingerprint density at radius 2 is 2.06 bits per heavy atom. The first-order chi connectivity index (χ1) is 7.70. The maximum atomic E-state index is 11.5. The van der Waals surface area contributed by atoms with Gasteiger partial charge in [-0.05, 0) is 25.7 Å². The molecule has 11 heteroatoms. The monoisotopic (exact) mass is 246 g/mol. The number of nitro groups is 1. The van der Waals surface area contributed by atoms with Gasteiger partial charge in [-0.2, -0.15) is 0 Å². The number of anilines is 1. The van der Waals surface area contributed by atoms with Gasteiger partial charge >= 0.3 is 11.6 Å². The molecule has 0 atom stereocenters. The highest BCUT2D eigenvalue weighted by atomic mass is 16.8. The molecule has 0 unspecified atom stereocenters. The Balaban J connectivity index is 3.15. The lowest BCUT2D eigenvalue weighted by molar-refractivity contribution is -0.794. The summed E-state index contributed by atoms with van der Waals surface area (Å²) in [5.41, 5.74) is 0.767. The van der Waals surface area contributed by atoms with Crippen LogP contribution in [0.15, 0.2) is 9.74 Å². The summed E-state index contributed by atoms with van der Waals surface area (Å²) in [6, 6.07) is 0. The number of hydrogen-bond acceptors (Lipinski definition) is 7. The molecule has 94 valence electrons. The predicted octanol–water partition coefficient (Wildman–Crippen LogP) is 0.304. The molecule has 1 aromatic heterocycles. The zero-order valence-corrected chi connectivity index (χ0v) is 9.28. The van der Waals surface area contributed by atoms with Gasteiger partial charge in [-0.25, -0.2) is 10.1 Å². The molecule has 1 rings (SSSR count). The van der Waals surface area contributed by atoms with Crippen molar-refractivity contribution in [1.82, 2.24) is 5.16 Å². The van der Waals surface area contributed by atoms with Crippen molar-refractivity contribution >= 4 is 11.6 Å². The number of nitrogens with zero attached hydrogens (tertiary/aromatic N) is 5. The molecule has 0 radical (unpaired) electrons. The van der Waals surface area contributed by atoms with Crippen LogP contribution in [-0.4, -0.2) is 20.6 Å². The van der Waals surface area contributed by atoms with Crippen LogP contribution < -0.4 is 10.3 Å². The van der Waals surface area contributed by atoms with Gasteiger partial charge in [0.05, 0.1) is 5.54 Å². The van der Waals surface area contributed by atoms with E-state index in [1.165, 1.54) is 5.43 Å². The van der Waals surface area contributed by atoms with Gasteiger partial charge in [-0.3, -0.25) is 0 Å². The third-order valence-electron chi connectivity index (χ3n) is 1.37. The molecule has 1 aromatic rings. The van der Waals surface area contributed by atoms with E-state index in [-0.39, 0.29) is 9.76 Å². The molecule has 1 heterocycles. The number of aromatic nitrogens is 2. The van der Waals surface area contributed by atoms with Crippen molar-refractivity contribution in [3.8, 4) is 0 Å². The fraction of sp³-hybridized carbons (Fsp3) is 0.667. The van der Waals surface area contributed by atoms with Gasteiger partial charge in [0.1, 0.15) is 0 Å². The molecule has 0 aliphatic carbocycles. The molecule has 0 bridgehead atoms. The van der Waals surface area contributed by atoms with E-state index >= 15 is 0 Å². The molecule has 0 aliphatic heterocycles. The average molecular weight is 246 g/mol. The summed E-state index contributed by atoms with van der Waals surface area (Å²) in [4.78, 5) is 9.90.